The first-order valence-corrected chi connectivity index (χ1v) is 11.4. The Morgan fingerprint density at radius 2 is 1.90 bits per heavy atom. The Hall–Kier alpha value is -3.43. The predicted octanol–water partition coefficient (Wildman–Crippen LogP) is 5.13. The van der Waals surface area contributed by atoms with Crippen molar-refractivity contribution in [3.63, 3.8) is 0 Å². The summed E-state index contributed by atoms with van der Waals surface area (Å²) in [5.74, 6) is 0.563. The summed E-state index contributed by atoms with van der Waals surface area (Å²) >= 11 is 1.69. The summed E-state index contributed by atoms with van der Waals surface area (Å²) in [6.45, 7) is 1.87. The van der Waals surface area contributed by atoms with Crippen LogP contribution in [-0.4, -0.2) is 25.3 Å². The molecule has 0 saturated carbocycles. The Bertz CT molecular complexity index is 1110. The molecule has 156 valence electrons. The summed E-state index contributed by atoms with van der Waals surface area (Å²) in [6.07, 6.45) is 2.90. The minimum absolute atomic E-state index is 0.130. The van der Waals surface area contributed by atoms with Gasteiger partial charge in [-0.05, 0) is 72.8 Å². The van der Waals surface area contributed by atoms with E-state index in [1.165, 1.54) is 4.90 Å². The normalized spacial score (nSPS) is 12.8. The average Bonchev–Trinajstić information content (AvgIpc) is 3.05. The summed E-state index contributed by atoms with van der Waals surface area (Å²) in [5, 5.41) is 12.0. The smallest absolute Gasteiger partial charge is 0.251 e. The number of nitrogens with zero attached hydrogens (tertiary/aromatic N) is 2. The Balaban J connectivity index is 1.51. The van der Waals surface area contributed by atoms with Crippen LogP contribution >= 0.6 is 11.8 Å². The van der Waals surface area contributed by atoms with Crippen molar-refractivity contribution in [2.24, 2.45) is 0 Å². The molecule has 5 nitrogen and oxygen atoms in total. The van der Waals surface area contributed by atoms with E-state index in [1.54, 1.807) is 11.8 Å². The number of carbonyl (C=O) groups excluding carboxylic acids is 1. The van der Waals surface area contributed by atoms with E-state index in [-0.39, 0.29) is 5.91 Å². The van der Waals surface area contributed by atoms with Gasteiger partial charge >= 0.3 is 0 Å². The van der Waals surface area contributed by atoms with Gasteiger partial charge in [-0.2, -0.15) is 5.26 Å². The van der Waals surface area contributed by atoms with Gasteiger partial charge in [-0.15, -0.1) is 11.8 Å². The lowest BCUT2D eigenvalue weighted by Crippen LogP contribution is -2.23. The van der Waals surface area contributed by atoms with Gasteiger partial charge in [0, 0.05) is 29.2 Å². The molecule has 4 rings (SSSR count). The number of nitrogens with one attached hydrogen (secondary N) is 1. The Kier molecular flexibility index (Phi) is 6.44. The van der Waals surface area contributed by atoms with Gasteiger partial charge in [0.15, 0.2) is 0 Å². The molecule has 1 N–H and O–H groups in total. The molecule has 0 fully saturated rings. The molecule has 31 heavy (non-hydrogen) atoms. The summed E-state index contributed by atoms with van der Waals surface area (Å²) in [4.78, 5) is 16.1. The number of hydrogen-bond donors (Lipinski definition) is 1. The van der Waals surface area contributed by atoms with Gasteiger partial charge < -0.3 is 15.0 Å². The van der Waals surface area contributed by atoms with Crippen LogP contribution in [0.15, 0.2) is 71.6 Å². The van der Waals surface area contributed by atoms with Crippen LogP contribution in [0, 0.1) is 11.3 Å². The summed E-state index contributed by atoms with van der Waals surface area (Å²) < 4.78 is 5.95. The third-order valence-electron chi connectivity index (χ3n) is 5.22. The third-order valence-corrected chi connectivity index (χ3v) is 5.96. The number of amides is 1. The lowest BCUT2D eigenvalue weighted by molar-refractivity contribution is 0.0950. The molecule has 6 heteroatoms. The van der Waals surface area contributed by atoms with Crippen LogP contribution in [0.5, 0.6) is 5.75 Å². The van der Waals surface area contributed by atoms with Gasteiger partial charge in [0.25, 0.3) is 5.91 Å². The number of rotatable bonds is 5. The zero-order valence-corrected chi connectivity index (χ0v) is 18.1. The minimum atomic E-state index is -0.130. The van der Waals surface area contributed by atoms with Gasteiger partial charge in [0.05, 0.1) is 23.9 Å². The molecule has 0 saturated heterocycles. The second-order valence-corrected chi connectivity index (χ2v) is 8.11. The van der Waals surface area contributed by atoms with Crippen LogP contribution < -0.4 is 15.0 Å². The molecule has 1 amide bonds. The van der Waals surface area contributed by atoms with Crippen molar-refractivity contribution in [1.82, 2.24) is 5.32 Å². The predicted molar refractivity (Wildman–Crippen MR) is 124 cm³/mol. The van der Waals surface area contributed by atoms with Crippen molar-refractivity contribution < 1.29 is 9.53 Å². The number of hydrogen-bond acceptors (Lipinski definition) is 5. The van der Waals surface area contributed by atoms with Gasteiger partial charge in [-0.1, -0.05) is 12.1 Å². The SMILES string of the molecule is CSc1ccc(CNC(=O)c2ccc3c(c2)OCCCN3c2ccc(C#N)cc2)cc1. The monoisotopic (exact) mass is 429 g/mol. The zero-order chi connectivity index (χ0) is 21.6. The molecule has 0 radical (unpaired) electrons. The van der Waals surface area contributed by atoms with Gasteiger partial charge in [-0.25, -0.2) is 0 Å². The van der Waals surface area contributed by atoms with Gasteiger partial charge in [0.1, 0.15) is 5.75 Å². The molecule has 0 bridgehead atoms. The number of ether oxygens (including phenoxy) is 1. The van der Waals surface area contributed by atoms with E-state index in [0.29, 0.717) is 30.0 Å². The minimum Gasteiger partial charge on any atom is -0.491 e. The van der Waals surface area contributed by atoms with Crippen molar-refractivity contribution in [1.29, 1.82) is 5.26 Å². The zero-order valence-electron chi connectivity index (χ0n) is 17.3. The largest absolute Gasteiger partial charge is 0.491 e. The number of nitriles is 1. The molecule has 0 aromatic heterocycles. The number of benzene rings is 3. The highest BCUT2D eigenvalue weighted by molar-refractivity contribution is 7.98. The highest BCUT2D eigenvalue weighted by Crippen LogP contribution is 2.36. The highest BCUT2D eigenvalue weighted by atomic mass is 32.2. The second kappa shape index (κ2) is 9.59. The van der Waals surface area contributed by atoms with Crippen LogP contribution in [0.3, 0.4) is 0 Å². The fraction of sp³-hybridized carbons (Fsp3) is 0.200. The lowest BCUT2D eigenvalue weighted by atomic mass is 10.1. The Labute approximate surface area is 186 Å². The van der Waals surface area contributed by atoms with E-state index in [9.17, 15) is 4.79 Å². The quantitative estimate of drug-likeness (QED) is 0.570. The topological polar surface area (TPSA) is 65.4 Å². The van der Waals surface area contributed by atoms with E-state index < -0.39 is 0 Å². The first-order chi connectivity index (χ1) is 15.2. The molecule has 0 unspecified atom stereocenters. The Morgan fingerprint density at radius 3 is 2.61 bits per heavy atom. The lowest BCUT2D eigenvalue weighted by Gasteiger charge is -2.24. The van der Waals surface area contributed by atoms with Crippen LogP contribution in [0.2, 0.25) is 0 Å². The summed E-state index contributed by atoms with van der Waals surface area (Å²) in [6, 6.07) is 23.4. The number of fused-ring (bicyclic) bond motifs is 1. The first kappa shape index (κ1) is 20.8. The molecular formula is C25H23N3O2S. The van der Waals surface area contributed by atoms with Gasteiger partial charge in [0.2, 0.25) is 0 Å². The molecule has 0 aliphatic carbocycles. The first-order valence-electron chi connectivity index (χ1n) is 10.1. The van der Waals surface area contributed by atoms with Crippen molar-refractivity contribution in [2.75, 3.05) is 24.3 Å². The van der Waals surface area contributed by atoms with E-state index in [0.717, 1.165) is 29.9 Å². The van der Waals surface area contributed by atoms with Crippen molar-refractivity contribution >= 4 is 29.0 Å². The molecule has 3 aromatic carbocycles. The molecular weight excluding hydrogens is 406 g/mol. The van der Waals surface area contributed by atoms with E-state index in [1.807, 2.05) is 60.9 Å². The maximum Gasteiger partial charge on any atom is 0.251 e. The fourth-order valence-corrected chi connectivity index (χ4v) is 3.94. The molecule has 1 aliphatic rings. The van der Waals surface area contributed by atoms with Crippen LogP contribution in [0.25, 0.3) is 0 Å². The number of carbonyl (C=O) groups is 1. The highest BCUT2D eigenvalue weighted by Gasteiger charge is 2.20. The van der Waals surface area contributed by atoms with Crippen LogP contribution in [0.1, 0.15) is 27.9 Å². The Morgan fingerprint density at radius 1 is 1.13 bits per heavy atom. The molecule has 3 aromatic rings. The number of anilines is 2. The average molecular weight is 430 g/mol. The fourth-order valence-electron chi connectivity index (χ4n) is 3.53. The molecule has 1 heterocycles. The van der Waals surface area contributed by atoms with Crippen molar-refractivity contribution in [3.05, 3.63) is 83.4 Å². The van der Waals surface area contributed by atoms with E-state index >= 15 is 0 Å². The van der Waals surface area contributed by atoms with Crippen molar-refractivity contribution in [2.45, 2.75) is 17.9 Å². The molecule has 0 atom stereocenters. The molecule has 0 spiro atoms. The van der Waals surface area contributed by atoms with E-state index in [4.69, 9.17) is 10.00 Å². The summed E-state index contributed by atoms with van der Waals surface area (Å²) in [5.41, 5.74) is 4.18. The maximum absolute atomic E-state index is 12.7. The van der Waals surface area contributed by atoms with Crippen molar-refractivity contribution in [3.8, 4) is 11.8 Å². The summed E-state index contributed by atoms with van der Waals surface area (Å²) in [7, 11) is 0. The van der Waals surface area contributed by atoms with Crippen LogP contribution in [-0.2, 0) is 6.54 Å². The second-order valence-electron chi connectivity index (χ2n) is 7.23. The third kappa shape index (κ3) is 4.84. The standard InChI is InChI=1S/C25H23N3O2S/c1-31-22-10-5-19(6-11-22)17-27-25(29)20-7-12-23-24(15-20)30-14-2-13-28(23)21-8-3-18(16-26)4-9-21/h3-12,15H,2,13-14,17H2,1H3,(H,27,29). The number of thioether (sulfide) groups is 1. The van der Waals surface area contributed by atoms with Gasteiger partial charge in [-0.3, -0.25) is 4.79 Å². The van der Waals surface area contributed by atoms with E-state index in [2.05, 4.69) is 28.4 Å². The molecule has 1 aliphatic heterocycles. The van der Waals surface area contributed by atoms with Crippen LogP contribution in [0.4, 0.5) is 11.4 Å². The maximum atomic E-state index is 12.7.